The second kappa shape index (κ2) is 7.44. The summed E-state index contributed by atoms with van der Waals surface area (Å²) in [6.45, 7) is 3.16. The lowest BCUT2D eigenvalue weighted by Gasteiger charge is -2.29. The first kappa shape index (κ1) is 15.0. The van der Waals surface area contributed by atoms with Crippen LogP contribution in [-0.2, 0) is 13.1 Å². The Morgan fingerprint density at radius 2 is 1.30 bits per heavy atom. The molecule has 2 aromatic carbocycles. The molecule has 2 atom stereocenters. The van der Waals surface area contributed by atoms with Crippen molar-refractivity contribution < 1.29 is 5.11 Å². The molecule has 0 aliphatic rings. The zero-order chi connectivity index (χ0) is 14.4. The molecule has 2 aromatic rings. The Labute approximate surface area is 125 Å². The van der Waals surface area contributed by atoms with Crippen molar-refractivity contribution in [3.8, 4) is 0 Å². The average molecular weight is 290 g/mol. The zero-order valence-electron chi connectivity index (χ0n) is 11.6. The number of hydrogen-bond donors (Lipinski definition) is 1. The van der Waals surface area contributed by atoms with E-state index in [0.29, 0.717) is 0 Å². The maximum absolute atomic E-state index is 9.77. The second-order valence-electron chi connectivity index (χ2n) is 4.99. The summed E-state index contributed by atoms with van der Waals surface area (Å²) in [5.74, 6) is 0. The molecular formula is C17H20ClNO. The standard InChI is InChI=1S/C17H20ClNO/c1-14(20)17(18)19(12-15-8-4-2-5-9-15)13-16-10-6-3-7-11-16/h2-11,14,17,20H,12-13H2,1H3. The molecule has 0 saturated carbocycles. The molecule has 0 saturated heterocycles. The van der Waals surface area contributed by atoms with E-state index in [2.05, 4.69) is 29.2 Å². The molecule has 0 aromatic heterocycles. The minimum absolute atomic E-state index is 0.407. The molecule has 0 radical (unpaired) electrons. The van der Waals surface area contributed by atoms with Crippen molar-refractivity contribution in [1.82, 2.24) is 4.90 Å². The van der Waals surface area contributed by atoms with E-state index < -0.39 is 11.6 Å². The number of hydrogen-bond acceptors (Lipinski definition) is 2. The molecule has 0 amide bonds. The van der Waals surface area contributed by atoms with Gasteiger partial charge in [0.2, 0.25) is 0 Å². The van der Waals surface area contributed by atoms with Gasteiger partial charge in [-0.05, 0) is 18.1 Å². The largest absolute Gasteiger partial charge is 0.390 e. The Bertz CT molecular complexity index is 459. The highest BCUT2D eigenvalue weighted by Crippen LogP contribution is 2.18. The van der Waals surface area contributed by atoms with Crippen LogP contribution in [0.5, 0.6) is 0 Å². The van der Waals surface area contributed by atoms with E-state index >= 15 is 0 Å². The third-order valence-corrected chi connectivity index (χ3v) is 3.84. The fraction of sp³-hybridized carbons (Fsp3) is 0.294. The van der Waals surface area contributed by atoms with Gasteiger partial charge in [0.1, 0.15) is 5.50 Å². The van der Waals surface area contributed by atoms with Gasteiger partial charge in [0, 0.05) is 13.1 Å². The Morgan fingerprint density at radius 1 is 0.900 bits per heavy atom. The summed E-state index contributed by atoms with van der Waals surface area (Å²) in [6.07, 6.45) is -0.580. The highest BCUT2D eigenvalue weighted by molar-refractivity contribution is 6.20. The second-order valence-corrected chi connectivity index (χ2v) is 5.44. The number of aliphatic hydroxyl groups excluding tert-OH is 1. The van der Waals surface area contributed by atoms with E-state index in [9.17, 15) is 5.11 Å². The minimum Gasteiger partial charge on any atom is -0.390 e. The normalized spacial score (nSPS) is 14.2. The van der Waals surface area contributed by atoms with Crippen molar-refractivity contribution in [1.29, 1.82) is 0 Å². The predicted octanol–water partition coefficient (Wildman–Crippen LogP) is 3.63. The monoisotopic (exact) mass is 289 g/mol. The van der Waals surface area contributed by atoms with Crippen molar-refractivity contribution in [2.75, 3.05) is 0 Å². The van der Waals surface area contributed by atoms with Gasteiger partial charge in [0.05, 0.1) is 6.10 Å². The van der Waals surface area contributed by atoms with Crippen molar-refractivity contribution in [3.63, 3.8) is 0 Å². The number of aliphatic hydroxyl groups is 1. The smallest absolute Gasteiger partial charge is 0.112 e. The first-order chi connectivity index (χ1) is 9.66. The molecule has 2 unspecified atom stereocenters. The number of nitrogens with zero attached hydrogens (tertiary/aromatic N) is 1. The first-order valence-electron chi connectivity index (χ1n) is 6.81. The van der Waals surface area contributed by atoms with Crippen molar-refractivity contribution in [2.45, 2.75) is 31.6 Å². The fourth-order valence-electron chi connectivity index (χ4n) is 2.17. The van der Waals surface area contributed by atoms with Crippen LogP contribution >= 0.6 is 11.6 Å². The van der Waals surface area contributed by atoms with Crippen LogP contribution in [-0.4, -0.2) is 21.6 Å². The molecule has 0 heterocycles. The van der Waals surface area contributed by atoms with Gasteiger partial charge >= 0.3 is 0 Å². The molecular weight excluding hydrogens is 270 g/mol. The van der Waals surface area contributed by atoms with E-state index in [1.807, 2.05) is 36.4 Å². The van der Waals surface area contributed by atoms with Crippen molar-refractivity contribution >= 4 is 11.6 Å². The van der Waals surface area contributed by atoms with E-state index in [1.54, 1.807) is 6.92 Å². The van der Waals surface area contributed by atoms with Gasteiger partial charge in [-0.2, -0.15) is 0 Å². The number of rotatable bonds is 6. The first-order valence-corrected chi connectivity index (χ1v) is 7.24. The summed E-state index contributed by atoms with van der Waals surface area (Å²) >= 11 is 6.36. The Balaban J connectivity index is 2.12. The third-order valence-electron chi connectivity index (χ3n) is 3.20. The van der Waals surface area contributed by atoms with Crippen LogP contribution in [0.1, 0.15) is 18.1 Å². The van der Waals surface area contributed by atoms with Crippen LogP contribution in [0.15, 0.2) is 60.7 Å². The van der Waals surface area contributed by atoms with E-state index in [1.165, 1.54) is 11.1 Å². The van der Waals surface area contributed by atoms with Gasteiger partial charge in [0.15, 0.2) is 0 Å². The highest BCUT2D eigenvalue weighted by Gasteiger charge is 2.21. The van der Waals surface area contributed by atoms with E-state index in [-0.39, 0.29) is 0 Å². The molecule has 106 valence electrons. The van der Waals surface area contributed by atoms with Gasteiger partial charge in [-0.15, -0.1) is 11.6 Å². The summed E-state index contributed by atoms with van der Waals surface area (Å²) in [7, 11) is 0. The molecule has 0 bridgehead atoms. The maximum Gasteiger partial charge on any atom is 0.112 e. The van der Waals surface area contributed by atoms with E-state index in [4.69, 9.17) is 11.6 Å². The quantitative estimate of drug-likeness (QED) is 0.648. The van der Waals surface area contributed by atoms with Gasteiger partial charge in [0.25, 0.3) is 0 Å². The van der Waals surface area contributed by atoms with Crippen molar-refractivity contribution in [2.24, 2.45) is 0 Å². The molecule has 1 N–H and O–H groups in total. The van der Waals surface area contributed by atoms with Gasteiger partial charge in [-0.25, -0.2) is 0 Å². The SMILES string of the molecule is CC(O)C(Cl)N(Cc1ccccc1)Cc1ccccc1. The Kier molecular flexibility index (Phi) is 5.60. The zero-order valence-corrected chi connectivity index (χ0v) is 12.4. The molecule has 0 aliphatic carbocycles. The predicted molar refractivity (Wildman–Crippen MR) is 83.5 cm³/mol. The highest BCUT2D eigenvalue weighted by atomic mass is 35.5. The molecule has 20 heavy (non-hydrogen) atoms. The summed E-state index contributed by atoms with van der Waals surface area (Å²) < 4.78 is 0. The number of benzene rings is 2. The van der Waals surface area contributed by atoms with Gasteiger partial charge in [-0.1, -0.05) is 60.7 Å². The lowest BCUT2D eigenvalue weighted by atomic mass is 10.1. The summed E-state index contributed by atoms with van der Waals surface area (Å²) in [6, 6.07) is 20.4. The topological polar surface area (TPSA) is 23.5 Å². The van der Waals surface area contributed by atoms with E-state index in [0.717, 1.165) is 13.1 Å². The molecule has 2 rings (SSSR count). The minimum atomic E-state index is -0.580. The van der Waals surface area contributed by atoms with Crippen LogP contribution in [0.2, 0.25) is 0 Å². The third kappa shape index (κ3) is 4.34. The summed E-state index contributed by atoms with van der Waals surface area (Å²) in [4.78, 5) is 2.08. The maximum atomic E-state index is 9.77. The van der Waals surface area contributed by atoms with Crippen LogP contribution < -0.4 is 0 Å². The lowest BCUT2D eigenvalue weighted by molar-refractivity contribution is 0.0945. The molecule has 0 spiro atoms. The molecule has 2 nitrogen and oxygen atoms in total. The number of alkyl halides is 1. The molecule has 0 aliphatic heterocycles. The average Bonchev–Trinajstić information content (AvgIpc) is 2.48. The molecule has 0 fully saturated rings. The van der Waals surface area contributed by atoms with Crippen molar-refractivity contribution in [3.05, 3.63) is 71.8 Å². The summed E-state index contributed by atoms with van der Waals surface area (Å²) in [5.41, 5.74) is 1.97. The Morgan fingerprint density at radius 3 is 1.65 bits per heavy atom. The summed E-state index contributed by atoms with van der Waals surface area (Å²) in [5, 5.41) is 9.77. The van der Waals surface area contributed by atoms with Gasteiger partial charge in [-0.3, -0.25) is 4.90 Å². The Hall–Kier alpha value is -1.35. The molecule has 3 heteroatoms. The van der Waals surface area contributed by atoms with Crippen LogP contribution in [0.4, 0.5) is 0 Å². The van der Waals surface area contributed by atoms with Crippen LogP contribution in [0.25, 0.3) is 0 Å². The number of halogens is 1. The van der Waals surface area contributed by atoms with Gasteiger partial charge < -0.3 is 5.11 Å². The fourth-order valence-corrected chi connectivity index (χ4v) is 2.31. The van der Waals surface area contributed by atoms with Crippen LogP contribution in [0, 0.1) is 0 Å². The van der Waals surface area contributed by atoms with Crippen LogP contribution in [0.3, 0.4) is 0 Å². The lowest BCUT2D eigenvalue weighted by Crippen LogP contribution is -2.37.